The van der Waals surface area contributed by atoms with E-state index in [1.165, 1.54) is 63.4 Å². The van der Waals surface area contributed by atoms with Crippen molar-refractivity contribution < 1.29 is 0 Å². The van der Waals surface area contributed by atoms with Crippen molar-refractivity contribution >= 4 is 0 Å². The summed E-state index contributed by atoms with van der Waals surface area (Å²) in [5.41, 5.74) is 1.94. The van der Waals surface area contributed by atoms with Gasteiger partial charge in [-0.2, -0.15) is 0 Å². The van der Waals surface area contributed by atoms with Crippen molar-refractivity contribution in [2.45, 2.75) is 92.4 Å². The molecule has 0 spiro atoms. The van der Waals surface area contributed by atoms with Gasteiger partial charge >= 0.3 is 0 Å². The Morgan fingerprint density at radius 3 is 2.55 bits per heavy atom. The van der Waals surface area contributed by atoms with E-state index in [0.29, 0.717) is 5.41 Å². The monoisotopic (exact) mass is 278 g/mol. The zero-order chi connectivity index (χ0) is 15.2. The van der Waals surface area contributed by atoms with Crippen molar-refractivity contribution in [2.24, 2.45) is 23.2 Å². The van der Waals surface area contributed by atoms with Gasteiger partial charge in [-0.05, 0) is 55.8 Å². The molecule has 20 heavy (non-hydrogen) atoms. The predicted molar refractivity (Wildman–Crippen MR) is 92.0 cm³/mol. The molecule has 0 saturated heterocycles. The average Bonchev–Trinajstić information content (AvgIpc) is 2.48. The first-order valence-electron chi connectivity index (χ1n) is 9.01. The Morgan fingerprint density at radius 2 is 1.95 bits per heavy atom. The highest BCUT2D eigenvalue weighted by atomic mass is 14.4. The second-order valence-electron chi connectivity index (χ2n) is 8.17. The van der Waals surface area contributed by atoms with Crippen LogP contribution in [0.15, 0.2) is 12.2 Å². The van der Waals surface area contributed by atoms with E-state index >= 15 is 0 Å². The van der Waals surface area contributed by atoms with Gasteiger partial charge in [0.15, 0.2) is 0 Å². The van der Waals surface area contributed by atoms with Gasteiger partial charge in [0, 0.05) is 0 Å². The maximum atomic E-state index is 4.15. The van der Waals surface area contributed by atoms with Gasteiger partial charge in [-0.25, -0.2) is 0 Å². The van der Waals surface area contributed by atoms with Gasteiger partial charge in [0.05, 0.1) is 0 Å². The van der Waals surface area contributed by atoms with Crippen molar-refractivity contribution in [1.82, 2.24) is 0 Å². The maximum absolute atomic E-state index is 4.15. The van der Waals surface area contributed by atoms with Crippen molar-refractivity contribution in [3.05, 3.63) is 12.2 Å². The summed E-state index contributed by atoms with van der Waals surface area (Å²) in [5, 5.41) is 0. The molecule has 1 aliphatic carbocycles. The van der Waals surface area contributed by atoms with Crippen molar-refractivity contribution in [2.75, 3.05) is 0 Å². The normalized spacial score (nSPS) is 32.6. The minimum atomic E-state index is 0.559. The number of allylic oxidation sites excluding steroid dienone is 1. The van der Waals surface area contributed by atoms with Gasteiger partial charge in [0.2, 0.25) is 0 Å². The van der Waals surface area contributed by atoms with Crippen LogP contribution in [-0.2, 0) is 0 Å². The lowest BCUT2D eigenvalue weighted by atomic mass is 9.67. The van der Waals surface area contributed by atoms with Crippen LogP contribution in [0.5, 0.6) is 0 Å². The molecule has 118 valence electrons. The largest absolute Gasteiger partial charge is 0.100 e. The first-order chi connectivity index (χ1) is 9.37. The number of hydrogen-bond acceptors (Lipinski definition) is 0. The molecule has 0 heterocycles. The molecule has 1 fully saturated rings. The second kappa shape index (κ2) is 8.25. The molecule has 1 aliphatic rings. The molecule has 4 atom stereocenters. The zero-order valence-corrected chi connectivity index (χ0v) is 14.8. The Hall–Kier alpha value is -0.260. The fourth-order valence-corrected chi connectivity index (χ4v) is 4.38. The van der Waals surface area contributed by atoms with Crippen LogP contribution < -0.4 is 0 Å². The molecule has 0 N–H and O–H groups in total. The van der Waals surface area contributed by atoms with E-state index < -0.39 is 0 Å². The molecular formula is C20H38. The highest BCUT2D eigenvalue weighted by Gasteiger charge is 2.36. The summed E-state index contributed by atoms with van der Waals surface area (Å²) in [6, 6.07) is 0. The summed E-state index contributed by atoms with van der Waals surface area (Å²) < 4.78 is 0. The second-order valence-corrected chi connectivity index (χ2v) is 8.17. The summed E-state index contributed by atoms with van der Waals surface area (Å²) in [7, 11) is 0. The minimum Gasteiger partial charge on any atom is -0.100 e. The summed E-state index contributed by atoms with van der Waals surface area (Å²) in [5.74, 6) is 2.67. The molecule has 0 aromatic heterocycles. The number of hydrogen-bond donors (Lipinski definition) is 0. The summed E-state index contributed by atoms with van der Waals surface area (Å²) >= 11 is 0. The molecule has 0 bridgehead atoms. The van der Waals surface area contributed by atoms with Gasteiger partial charge in [-0.3, -0.25) is 0 Å². The molecule has 0 nitrogen and oxygen atoms in total. The van der Waals surface area contributed by atoms with E-state index in [2.05, 4.69) is 41.2 Å². The lowest BCUT2D eigenvalue weighted by Gasteiger charge is -2.38. The maximum Gasteiger partial charge on any atom is -0.0295 e. The summed E-state index contributed by atoms with van der Waals surface area (Å²) in [6.45, 7) is 16.2. The fraction of sp³-hybridized carbons (Fsp3) is 0.900. The van der Waals surface area contributed by atoms with Gasteiger partial charge in [0.25, 0.3) is 0 Å². The van der Waals surface area contributed by atoms with E-state index in [1.54, 1.807) is 0 Å². The lowest BCUT2D eigenvalue weighted by molar-refractivity contribution is 0.123. The lowest BCUT2D eigenvalue weighted by Crippen LogP contribution is -2.28. The summed E-state index contributed by atoms with van der Waals surface area (Å²) in [6.07, 6.45) is 12.6. The Balaban J connectivity index is 2.67. The van der Waals surface area contributed by atoms with Gasteiger partial charge in [0.1, 0.15) is 0 Å². The van der Waals surface area contributed by atoms with Crippen molar-refractivity contribution in [3.63, 3.8) is 0 Å². The van der Waals surface area contributed by atoms with Crippen LogP contribution in [0.3, 0.4) is 0 Å². The van der Waals surface area contributed by atoms with Crippen molar-refractivity contribution in [3.8, 4) is 0 Å². The van der Waals surface area contributed by atoms with Crippen LogP contribution in [0.25, 0.3) is 0 Å². The Morgan fingerprint density at radius 1 is 1.25 bits per heavy atom. The molecule has 0 radical (unpaired) electrons. The molecule has 1 saturated carbocycles. The van der Waals surface area contributed by atoms with Gasteiger partial charge in [-0.15, -0.1) is 6.58 Å². The quantitative estimate of drug-likeness (QED) is 0.267. The van der Waals surface area contributed by atoms with Crippen LogP contribution in [0.4, 0.5) is 0 Å². The molecule has 0 amide bonds. The van der Waals surface area contributed by atoms with Crippen LogP contribution in [0, 0.1) is 23.2 Å². The minimum absolute atomic E-state index is 0.559. The standard InChI is InChI=1S/C20H38/c1-7-8-9-10-18(5)20(6)14-17(4)11-12-19(15-20)13-16(2)3/h17-19H,2,7-15H2,1,3-6H3. The molecular weight excluding hydrogens is 240 g/mol. The van der Waals surface area contributed by atoms with Crippen LogP contribution >= 0.6 is 0 Å². The third-order valence-corrected chi connectivity index (χ3v) is 5.71. The number of unbranched alkanes of at least 4 members (excludes halogenated alkanes) is 2. The first kappa shape index (κ1) is 17.8. The fourth-order valence-electron chi connectivity index (χ4n) is 4.38. The predicted octanol–water partition coefficient (Wildman–Crippen LogP) is 7.00. The van der Waals surface area contributed by atoms with E-state index in [-0.39, 0.29) is 0 Å². The highest BCUT2D eigenvalue weighted by Crippen LogP contribution is 2.47. The van der Waals surface area contributed by atoms with E-state index in [9.17, 15) is 0 Å². The highest BCUT2D eigenvalue weighted by molar-refractivity contribution is 4.95. The van der Waals surface area contributed by atoms with Crippen LogP contribution in [0.2, 0.25) is 0 Å². The SMILES string of the molecule is C=C(C)CC1CCC(C)CC(C)(C(C)CCCCC)C1. The zero-order valence-electron chi connectivity index (χ0n) is 14.8. The molecule has 0 heteroatoms. The summed E-state index contributed by atoms with van der Waals surface area (Å²) in [4.78, 5) is 0. The van der Waals surface area contributed by atoms with E-state index in [4.69, 9.17) is 0 Å². The average molecular weight is 279 g/mol. The third-order valence-electron chi connectivity index (χ3n) is 5.71. The number of rotatable bonds is 7. The van der Waals surface area contributed by atoms with Crippen molar-refractivity contribution in [1.29, 1.82) is 0 Å². The van der Waals surface area contributed by atoms with Gasteiger partial charge in [-0.1, -0.05) is 65.4 Å². The smallest absolute Gasteiger partial charge is 0.0295 e. The Kier molecular flexibility index (Phi) is 7.34. The van der Waals surface area contributed by atoms with Gasteiger partial charge < -0.3 is 0 Å². The van der Waals surface area contributed by atoms with Crippen LogP contribution in [-0.4, -0.2) is 0 Å². The third kappa shape index (κ3) is 5.62. The Bertz CT molecular complexity index is 290. The van der Waals surface area contributed by atoms with Crippen LogP contribution in [0.1, 0.15) is 92.4 Å². The topological polar surface area (TPSA) is 0 Å². The van der Waals surface area contributed by atoms with E-state index in [0.717, 1.165) is 17.8 Å². The Labute approximate surface area is 128 Å². The molecule has 0 aromatic rings. The molecule has 4 unspecified atom stereocenters. The molecule has 0 aromatic carbocycles. The molecule has 1 rings (SSSR count). The first-order valence-corrected chi connectivity index (χ1v) is 9.01. The molecule has 0 aliphatic heterocycles. The van der Waals surface area contributed by atoms with E-state index in [1.807, 2.05) is 0 Å².